The van der Waals surface area contributed by atoms with Gasteiger partial charge in [0, 0.05) is 31.1 Å². The first kappa shape index (κ1) is 22.0. The van der Waals surface area contributed by atoms with E-state index in [9.17, 15) is 9.59 Å². The topological polar surface area (TPSA) is 52.7 Å². The van der Waals surface area contributed by atoms with Gasteiger partial charge in [-0.3, -0.25) is 14.5 Å². The van der Waals surface area contributed by atoms with Gasteiger partial charge in [0.15, 0.2) is 0 Å². The second-order valence-corrected chi connectivity index (χ2v) is 9.79. The van der Waals surface area contributed by atoms with Crippen LogP contribution in [0.3, 0.4) is 0 Å². The molecular weight excluding hydrogens is 406 g/mol. The van der Waals surface area contributed by atoms with Crippen LogP contribution in [0.25, 0.3) is 0 Å². The number of fused-ring (bicyclic) bond motifs is 1. The standard InChI is InChI=1S/C25H33N3O2S/c1-2-7-22(25(30)28-14-11-23-20(18-28)12-15-31-23)26-24(29)21-10-6-13-27(17-21)16-19-8-4-3-5-9-19/h3-5,8-9,12,15,21-22H,2,6-7,10-11,13-14,16-18H2,1H3,(H,26,29). The number of carbonyl (C=O) groups excluding carboxylic acids is 2. The normalized spacial score (nSPS) is 20.2. The van der Waals surface area contributed by atoms with E-state index < -0.39 is 6.04 Å². The Balaban J connectivity index is 1.35. The summed E-state index contributed by atoms with van der Waals surface area (Å²) in [5.74, 6) is 0.0660. The van der Waals surface area contributed by atoms with E-state index in [1.54, 1.807) is 11.3 Å². The fourth-order valence-electron chi connectivity index (χ4n) is 4.75. The van der Waals surface area contributed by atoms with Crippen LogP contribution in [-0.2, 0) is 29.1 Å². The van der Waals surface area contributed by atoms with E-state index in [1.165, 1.54) is 16.0 Å². The molecule has 1 fully saturated rings. The number of benzene rings is 1. The van der Waals surface area contributed by atoms with Crippen molar-refractivity contribution in [3.63, 3.8) is 0 Å². The lowest BCUT2D eigenvalue weighted by Gasteiger charge is -2.34. The molecule has 3 heterocycles. The third kappa shape index (κ3) is 5.55. The van der Waals surface area contributed by atoms with Crippen molar-refractivity contribution in [3.8, 4) is 0 Å². The van der Waals surface area contributed by atoms with Crippen LogP contribution in [0.1, 0.15) is 48.6 Å². The molecule has 5 nitrogen and oxygen atoms in total. The Hall–Kier alpha value is -2.18. The molecule has 0 radical (unpaired) electrons. The van der Waals surface area contributed by atoms with Gasteiger partial charge in [0.25, 0.3) is 0 Å². The van der Waals surface area contributed by atoms with Crippen molar-refractivity contribution in [3.05, 3.63) is 57.8 Å². The third-order valence-electron chi connectivity index (χ3n) is 6.44. The molecule has 2 aromatic rings. The molecule has 1 aromatic carbocycles. The molecule has 1 aromatic heterocycles. The van der Waals surface area contributed by atoms with Gasteiger partial charge in [-0.25, -0.2) is 0 Å². The first-order valence-electron chi connectivity index (χ1n) is 11.5. The molecule has 31 heavy (non-hydrogen) atoms. The number of hydrogen-bond acceptors (Lipinski definition) is 4. The number of nitrogens with one attached hydrogen (secondary N) is 1. The molecule has 0 saturated carbocycles. The highest BCUT2D eigenvalue weighted by molar-refractivity contribution is 7.10. The van der Waals surface area contributed by atoms with Crippen LogP contribution in [-0.4, -0.2) is 47.3 Å². The molecule has 2 amide bonds. The highest BCUT2D eigenvalue weighted by Crippen LogP contribution is 2.25. The number of rotatable bonds is 7. The Bertz CT molecular complexity index is 882. The average Bonchev–Trinajstić information content (AvgIpc) is 3.27. The summed E-state index contributed by atoms with van der Waals surface area (Å²) in [6.45, 7) is 6.14. The second kappa shape index (κ2) is 10.4. The molecular formula is C25H33N3O2S. The van der Waals surface area contributed by atoms with Crippen LogP contribution in [0.5, 0.6) is 0 Å². The van der Waals surface area contributed by atoms with E-state index in [2.05, 4.69) is 52.9 Å². The van der Waals surface area contributed by atoms with Gasteiger partial charge in [-0.2, -0.15) is 0 Å². The van der Waals surface area contributed by atoms with E-state index in [-0.39, 0.29) is 17.7 Å². The zero-order valence-corrected chi connectivity index (χ0v) is 19.2. The maximum atomic E-state index is 13.2. The zero-order chi connectivity index (χ0) is 21.6. The minimum atomic E-state index is -0.415. The molecule has 2 aliphatic heterocycles. The van der Waals surface area contributed by atoms with E-state index in [0.717, 1.165) is 51.9 Å². The summed E-state index contributed by atoms with van der Waals surface area (Å²) in [5.41, 5.74) is 2.54. The average molecular weight is 440 g/mol. The molecule has 1 saturated heterocycles. The molecule has 4 rings (SSSR count). The number of amides is 2. The van der Waals surface area contributed by atoms with Gasteiger partial charge in [0.05, 0.1) is 5.92 Å². The predicted octanol–water partition coefficient (Wildman–Crippen LogP) is 3.83. The molecule has 0 spiro atoms. The van der Waals surface area contributed by atoms with E-state index in [4.69, 9.17) is 0 Å². The Labute approximate surface area is 189 Å². The Morgan fingerprint density at radius 3 is 2.84 bits per heavy atom. The number of hydrogen-bond donors (Lipinski definition) is 1. The van der Waals surface area contributed by atoms with Crippen molar-refractivity contribution in [1.29, 1.82) is 0 Å². The lowest BCUT2D eigenvalue weighted by Crippen LogP contribution is -2.52. The van der Waals surface area contributed by atoms with Crippen molar-refractivity contribution in [2.24, 2.45) is 5.92 Å². The quantitative estimate of drug-likeness (QED) is 0.713. The van der Waals surface area contributed by atoms with Crippen LogP contribution in [0.4, 0.5) is 0 Å². The molecule has 2 atom stereocenters. The van der Waals surface area contributed by atoms with E-state index in [1.807, 2.05) is 11.0 Å². The minimum Gasteiger partial charge on any atom is -0.344 e. The van der Waals surface area contributed by atoms with Crippen molar-refractivity contribution in [1.82, 2.24) is 15.1 Å². The van der Waals surface area contributed by atoms with Gasteiger partial charge < -0.3 is 10.2 Å². The summed E-state index contributed by atoms with van der Waals surface area (Å²) in [5, 5.41) is 5.24. The maximum Gasteiger partial charge on any atom is 0.245 e. The van der Waals surface area contributed by atoms with Gasteiger partial charge in [-0.15, -0.1) is 11.3 Å². The number of likely N-dealkylation sites (tertiary alicyclic amines) is 1. The SMILES string of the molecule is CCCC(NC(=O)C1CCCN(Cc2ccccc2)C1)C(=O)N1CCc2sccc2C1. The highest BCUT2D eigenvalue weighted by atomic mass is 32.1. The van der Waals surface area contributed by atoms with Crippen LogP contribution in [0, 0.1) is 5.92 Å². The summed E-state index contributed by atoms with van der Waals surface area (Å²) in [6, 6.07) is 12.1. The monoisotopic (exact) mass is 439 g/mol. The van der Waals surface area contributed by atoms with Crippen molar-refractivity contribution < 1.29 is 9.59 Å². The van der Waals surface area contributed by atoms with E-state index >= 15 is 0 Å². The first-order chi connectivity index (χ1) is 15.1. The van der Waals surface area contributed by atoms with Crippen LogP contribution < -0.4 is 5.32 Å². The van der Waals surface area contributed by atoms with Crippen LogP contribution in [0.2, 0.25) is 0 Å². The van der Waals surface area contributed by atoms with Gasteiger partial charge in [-0.05, 0) is 54.8 Å². The number of nitrogens with zero attached hydrogens (tertiary/aromatic N) is 2. The summed E-state index contributed by atoms with van der Waals surface area (Å²) < 4.78 is 0. The zero-order valence-electron chi connectivity index (χ0n) is 18.4. The van der Waals surface area contributed by atoms with Crippen LogP contribution in [0.15, 0.2) is 41.8 Å². The molecule has 1 N–H and O–H groups in total. The van der Waals surface area contributed by atoms with Crippen LogP contribution >= 0.6 is 11.3 Å². The maximum absolute atomic E-state index is 13.2. The van der Waals surface area contributed by atoms with E-state index in [0.29, 0.717) is 13.0 Å². The highest BCUT2D eigenvalue weighted by Gasteiger charge is 2.32. The summed E-state index contributed by atoms with van der Waals surface area (Å²) in [7, 11) is 0. The predicted molar refractivity (Wildman–Crippen MR) is 125 cm³/mol. The van der Waals surface area contributed by atoms with Gasteiger partial charge >= 0.3 is 0 Å². The fraction of sp³-hybridized carbons (Fsp3) is 0.520. The van der Waals surface area contributed by atoms with Crippen molar-refractivity contribution in [2.75, 3.05) is 19.6 Å². The molecule has 0 aliphatic carbocycles. The Morgan fingerprint density at radius 1 is 1.19 bits per heavy atom. The summed E-state index contributed by atoms with van der Waals surface area (Å²) in [4.78, 5) is 32.0. The van der Waals surface area contributed by atoms with Crippen molar-refractivity contribution >= 4 is 23.2 Å². The summed E-state index contributed by atoms with van der Waals surface area (Å²) >= 11 is 1.78. The minimum absolute atomic E-state index is 0.0396. The Morgan fingerprint density at radius 2 is 2.03 bits per heavy atom. The van der Waals surface area contributed by atoms with Gasteiger partial charge in [0.1, 0.15) is 6.04 Å². The molecule has 2 aliphatic rings. The molecule has 6 heteroatoms. The fourth-order valence-corrected chi connectivity index (χ4v) is 5.64. The van der Waals surface area contributed by atoms with Gasteiger partial charge in [0.2, 0.25) is 11.8 Å². The molecule has 166 valence electrons. The second-order valence-electron chi connectivity index (χ2n) is 8.79. The molecule has 2 unspecified atom stereocenters. The largest absolute Gasteiger partial charge is 0.344 e. The lowest BCUT2D eigenvalue weighted by molar-refractivity contribution is -0.139. The van der Waals surface area contributed by atoms with Gasteiger partial charge in [-0.1, -0.05) is 43.7 Å². The number of carbonyl (C=O) groups is 2. The number of piperidine rings is 1. The molecule has 0 bridgehead atoms. The number of thiophene rings is 1. The summed E-state index contributed by atoms with van der Waals surface area (Å²) in [6.07, 6.45) is 4.40. The Kier molecular flexibility index (Phi) is 7.41. The first-order valence-corrected chi connectivity index (χ1v) is 12.4. The lowest BCUT2D eigenvalue weighted by atomic mass is 9.95. The smallest absolute Gasteiger partial charge is 0.245 e. The third-order valence-corrected chi connectivity index (χ3v) is 7.46. The van der Waals surface area contributed by atoms with Crippen molar-refractivity contribution in [2.45, 2.75) is 58.2 Å².